The van der Waals surface area contributed by atoms with Gasteiger partial charge in [0.25, 0.3) is 0 Å². The molecule has 0 radical (unpaired) electrons. The zero-order valence-electron chi connectivity index (χ0n) is 10.6. The van der Waals surface area contributed by atoms with Crippen molar-refractivity contribution in [2.24, 2.45) is 5.92 Å². The molecule has 1 aromatic rings. The van der Waals surface area contributed by atoms with Gasteiger partial charge in [0.1, 0.15) is 0 Å². The fraction of sp³-hybridized carbons (Fsp3) is 0.786. The Morgan fingerprint density at radius 1 is 1.18 bits per heavy atom. The van der Waals surface area contributed by atoms with Gasteiger partial charge in [-0.05, 0) is 56.7 Å². The van der Waals surface area contributed by atoms with Crippen molar-refractivity contribution in [1.82, 2.24) is 15.1 Å². The van der Waals surface area contributed by atoms with Crippen LogP contribution in [-0.2, 0) is 6.42 Å². The molecule has 3 nitrogen and oxygen atoms in total. The van der Waals surface area contributed by atoms with E-state index in [0.29, 0.717) is 6.04 Å². The first-order valence-electron chi connectivity index (χ1n) is 7.15. The number of aromatic nitrogens is 2. The second-order valence-corrected chi connectivity index (χ2v) is 5.66. The van der Waals surface area contributed by atoms with Crippen molar-refractivity contribution in [2.45, 2.75) is 51.0 Å². The van der Waals surface area contributed by atoms with Gasteiger partial charge < -0.3 is 5.32 Å². The van der Waals surface area contributed by atoms with Crippen molar-refractivity contribution in [3.63, 3.8) is 0 Å². The maximum absolute atomic E-state index is 4.56. The molecule has 3 rings (SSSR count). The maximum Gasteiger partial charge on any atom is 0.0521 e. The number of nitrogens with one attached hydrogen (secondary N) is 1. The van der Waals surface area contributed by atoms with Crippen LogP contribution in [0.2, 0.25) is 0 Å². The highest BCUT2D eigenvalue weighted by atomic mass is 15.3. The van der Waals surface area contributed by atoms with Gasteiger partial charge in [-0.1, -0.05) is 12.8 Å². The van der Waals surface area contributed by atoms with E-state index in [-0.39, 0.29) is 0 Å². The van der Waals surface area contributed by atoms with E-state index in [1.54, 1.807) is 0 Å². The minimum atomic E-state index is 0.691. The molecule has 94 valence electrons. The summed E-state index contributed by atoms with van der Waals surface area (Å²) in [5.74, 6) is 0.873. The molecular formula is C14H23N3. The molecule has 1 saturated heterocycles. The Hall–Kier alpha value is -0.830. The number of nitrogens with zero attached hydrogens (tertiary/aromatic N) is 2. The van der Waals surface area contributed by atoms with E-state index in [2.05, 4.69) is 27.5 Å². The standard InChI is InChI=1S/C14H23N3/c1-2-4-14(3-1)17-11-13(10-16-17)9-12-5-7-15-8-6-12/h10-12,14-15H,1-9H2. The molecule has 1 aliphatic carbocycles. The average molecular weight is 233 g/mol. The van der Waals surface area contributed by atoms with Gasteiger partial charge in [-0.3, -0.25) is 4.68 Å². The third kappa shape index (κ3) is 2.71. The van der Waals surface area contributed by atoms with Crippen molar-refractivity contribution in [3.05, 3.63) is 18.0 Å². The van der Waals surface area contributed by atoms with Crippen LogP contribution < -0.4 is 5.32 Å². The molecule has 0 aromatic carbocycles. The van der Waals surface area contributed by atoms with Crippen LogP contribution in [0.25, 0.3) is 0 Å². The summed E-state index contributed by atoms with van der Waals surface area (Å²) in [6.45, 7) is 2.39. The van der Waals surface area contributed by atoms with E-state index in [0.717, 1.165) is 5.92 Å². The molecule has 0 unspecified atom stereocenters. The lowest BCUT2D eigenvalue weighted by atomic mass is 9.92. The molecule has 1 aliphatic heterocycles. The number of hydrogen-bond donors (Lipinski definition) is 1. The quantitative estimate of drug-likeness (QED) is 0.869. The number of piperidine rings is 1. The highest BCUT2D eigenvalue weighted by Gasteiger charge is 2.19. The molecule has 17 heavy (non-hydrogen) atoms. The highest BCUT2D eigenvalue weighted by molar-refractivity contribution is 5.06. The van der Waals surface area contributed by atoms with Crippen molar-refractivity contribution in [2.75, 3.05) is 13.1 Å². The topological polar surface area (TPSA) is 29.9 Å². The molecule has 2 fully saturated rings. The summed E-state index contributed by atoms with van der Waals surface area (Å²) >= 11 is 0. The van der Waals surface area contributed by atoms with Crippen LogP contribution >= 0.6 is 0 Å². The second-order valence-electron chi connectivity index (χ2n) is 5.66. The first-order chi connectivity index (χ1) is 8.42. The van der Waals surface area contributed by atoms with E-state index in [4.69, 9.17) is 0 Å². The molecule has 2 aliphatic rings. The summed E-state index contributed by atoms with van der Waals surface area (Å²) in [7, 11) is 0. The predicted molar refractivity (Wildman–Crippen MR) is 69.0 cm³/mol. The Labute approximate surface area is 104 Å². The highest BCUT2D eigenvalue weighted by Crippen LogP contribution is 2.29. The summed E-state index contributed by atoms with van der Waals surface area (Å²) in [4.78, 5) is 0. The first-order valence-corrected chi connectivity index (χ1v) is 7.15. The molecule has 1 N–H and O–H groups in total. The van der Waals surface area contributed by atoms with Gasteiger partial charge in [0.15, 0.2) is 0 Å². The zero-order chi connectivity index (χ0) is 11.5. The first kappa shape index (κ1) is 11.3. The van der Waals surface area contributed by atoms with Gasteiger partial charge in [0.2, 0.25) is 0 Å². The van der Waals surface area contributed by atoms with Gasteiger partial charge in [-0.15, -0.1) is 0 Å². The normalized spacial score (nSPS) is 23.3. The van der Waals surface area contributed by atoms with Crippen LogP contribution in [0.1, 0.15) is 50.1 Å². The largest absolute Gasteiger partial charge is 0.317 e. The van der Waals surface area contributed by atoms with Crippen LogP contribution in [0.4, 0.5) is 0 Å². The lowest BCUT2D eigenvalue weighted by Gasteiger charge is -2.21. The van der Waals surface area contributed by atoms with Crippen molar-refractivity contribution >= 4 is 0 Å². The third-order valence-electron chi connectivity index (χ3n) is 4.34. The lowest BCUT2D eigenvalue weighted by molar-refractivity contribution is 0.372. The summed E-state index contributed by atoms with van der Waals surface area (Å²) in [6.07, 6.45) is 13.7. The smallest absolute Gasteiger partial charge is 0.0521 e. The van der Waals surface area contributed by atoms with Gasteiger partial charge in [0.05, 0.1) is 12.2 Å². The molecule has 0 bridgehead atoms. The summed E-state index contributed by atoms with van der Waals surface area (Å²) in [5.41, 5.74) is 1.45. The van der Waals surface area contributed by atoms with E-state index in [1.807, 2.05) is 0 Å². The van der Waals surface area contributed by atoms with Gasteiger partial charge in [-0.25, -0.2) is 0 Å². The summed E-state index contributed by atoms with van der Waals surface area (Å²) in [6, 6.07) is 0.691. The molecule has 3 heteroatoms. The minimum absolute atomic E-state index is 0.691. The molecule has 0 amide bonds. The zero-order valence-corrected chi connectivity index (χ0v) is 10.6. The second kappa shape index (κ2) is 5.21. The predicted octanol–water partition coefficient (Wildman–Crippen LogP) is 2.54. The number of hydrogen-bond acceptors (Lipinski definition) is 2. The maximum atomic E-state index is 4.56. The van der Waals surface area contributed by atoms with E-state index in [1.165, 1.54) is 63.6 Å². The Morgan fingerprint density at radius 3 is 2.71 bits per heavy atom. The average Bonchev–Trinajstić information content (AvgIpc) is 3.00. The molecule has 1 aromatic heterocycles. The van der Waals surface area contributed by atoms with E-state index >= 15 is 0 Å². The van der Waals surface area contributed by atoms with Crippen molar-refractivity contribution < 1.29 is 0 Å². The molecule has 1 saturated carbocycles. The van der Waals surface area contributed by atoms with Crippen molar-refractivity contribution in [1.29, 1.82) is 0 Å². The fourth-order valence-electron chi connectivity index (χ4n) is 3.27. The Morgan fingerprint density at radius 2 is 1.94 bits per heavy atom. The van der Waals surface area contributed by atoms with Crippen LogP contribution in [0.3, 0.4) is 0 Å². The van der Waals surface area contributed by atoms with Crippen LogP contribution in [0, 0.1) is 5.92 Å². The number of rotatable bonds is 3. The van der Waals surface area contributed by atoms with Crippen LogP contribution in [0.15, 0.2) is 12.4 Å². The molecule has 0 atom stereocenters. The fourth-order valence-corrected chi connectivity index (χ4v) is 3.27. The Balaban J connectivity index is 1.59. The minimum Gasteiger partial charge on any atom is -0.317 e. The van der Waals surface area contributed by atoms with E-state index < -0.39 is 0 Å². The Bertz CT molecular complexity index is 346. The Kier molecular flexibility index (Phi) is 3.46. The van der Waals surface area contributed by atoms with E-state index in [9.17, 15) is 0 Å². The summed E-state index contributed by atoms with van der Waals surface area (Å²) < 4.78 is 2.23. The molecular weight excluding hydrogens is 210 g/mol. The van der Waals surface area contributed by atoms with Crippen LogP contribution in [-0.4, -0.2) is 22.9 Å². The van der Waals surface area contributed by atoms with Crippen LogP contribution in [0.5, 0.6) is 0 Å². The summed E-state index contributed by atoms with van der Waals surface area (Å²) in [5, 5.41) is 7.99. The molecule has 0 spiro atoms. The van der Waals surface area contributed by atoms with Gasteiger partial charge in [-0.2, -0.15) is 5.10 Å². The van der Waals surface area contributed by atoms with Crippen molar-refractivity contribution in [3.8, 4) is 0 Å². The molecule has 2 heterocycles. The third-order valence-corrected chi connectivity index (χ3v) is 4.34. The van der Waals surface area contributed by atoms with Gasteiger partial charge >= 0.3 is 0 Å². The van der Waals surface area contributed by atoms with Gasteiger partial charge in [0, 0.05) is 6.20 Å². The monoisotopic (exact) mass is 233 g/mol. The lowest BCUT2D eigenvalue weighted by Crippen LogP contribution is -2.28. The SMILES string of the molecule is c1nn(C2CCCC2)cc1CC1CCNCC1.